The molecule has 5 rings (SSSR count). The predicted octanol–water partition coefficient (Wildman–Crippen LogP) is 3.02. The topological polar surface area (TPSA) is 121 Å². The van der Waals surface area contributed by atoms with Crippen molar-refractivity contribution in [2.45, 2.75) is 26.3 Å². The first kappa shape index (κ1) is 21.6. The number of amides is 1. The summed E-state index contributed by atoms with van der Waals surface area (Å²) in [4.78, 5) is 25.5. The third-order valence-electron chi connectivity index (χ3n) is 5.68. The first-order chi connectivity index (χ1) is 16.6. The van der Waals surface area contributed by atoms with Gasteiger partial charge < -0.3 is 18.9 Å². The van der Waals surface area contributed by atoms with E-state index in [-0.39, 0.29) is 11.9 Å². The molecule has 174 valence electrons. The van der Waals surface area contributed by atoms with Crippen LogP contribution in [0.5, 0.6) is 11.6 Å². The van der Waals surface area contributed by atoms with E-state index in [1.807, 2.05) is 26.0 Å². The summed E-state index contributed by atoms with van der Waals surface area (Å²) in [6.45, 7) is 4.81. The number of hydrogen-bond acceptors (Lipinski definition) is 9. The molecule has 0 spiro atoms. The van der Waals surface area contributed by atoms with E-state index >= 15 is 0 Å². The molecule has 1 amide bonds. The predicted molar refractivity (Wildman–Crippen MR) is 120 cm³/mol. The van der Waals surface area contributed by atoms with Crippen molar-refractivity contribution < 1.29 is 18.8 Å². The fraction of sp³-hybridized carbons (Fsp3) is 0.304. The highest BCUT2D eigenvalue weighted by atomic mass is 16.5. The SMILES string of the molecule is CCOc1ncccc1-c1noc(C2CCN2C(=O)c2cc(OC)c(C)cc2-n2nccn2)n1. The summed E-state index contributed by atoms with van der Waals surface area (Å²) in [7, 11) is 1.57. The highest BCUT2D eigenvalue weighted by Crippen LogP contribution is 2.37. The van der Waals surface area contributed by atoms with Gasteiger partial charge in [0.1, 0.15) is 11.8 Å². The summed E-state index contributed by atoms with van der Waals surface area (Å²) in [5, 5.41) is 12.5. The molecule has 4 aromatic rings. The van der Waals surface area contributed by atoms with Crippen LogP contribution in [0.25, 0.3) is 17.1 Å². The maximum atomic E-state index is 13.6. The zero-order chi connectivity index (χ0) is 23.7. The lowest BCUT2D eigenvalue weighted by molar-refractivity contribution is 0.0378. The van der Waals surface area contributed by atoms with E-state index in [0.29, 0.717) is 59.7 Å². The number of methoxy groups -OCH3 is 1. The monoisotopic (exact) mass is 461 g/mol. The Bertz CT molecular complexity index is 1320. The van der Waals surface area contributed by atoms with Crippen LogP contribution in [-0.2, 0) is 0 Å². The van der Waals surface area contributed by atoms with Gasteiger partial charge in [0.15, 0.2) is 0 Å². The summed E-state index contributed by atoms with van der Waals surface area (Å²) >= 11 is 0. The first-order valence-electron chi connectivity index (χ1n) is 10.9. The lowest BCUT2D eigenvalue weighted by Crippen LogP contribution is -2.45. The van der Waals surface area contributed by atoms with Gasteiger partial charge in [-0.1, -0.05) is 5.16 Å². The van der Waals surface area contributed by atoms with E-state index < -0.39 is 0 Å². The normalized spacial score (nSPS) is 15.1. The molecule has 1 atom stereocenters. The van der Waals surface area contributed by atoms with Crippen molar-refractivity contribution in [1.29, 1.82) is 0 Å². The number of aryl methyl sites for hydroxylation is 1. The van der Waals surface area contributed by atoms with Gasteiger partial charge in [0.2, 0.25) is 17.6 Å². The summed E-state index contributed by atoms with van der Waals surface area (Å²) in [5.41, 5.74) is 2.50. The lowest BCUT2D eigenvalue weighted by Gasteiger charge is -2.38. The van der Waals surface area contributed by atoms with Crippen LogP contribution < -0.4 is 9.47 Å². The molecule has 34 heavy (non-hydrogen) atoms. The lowest BCUT2D eigenvalue weighted by atomic mass is 9.99. The third kappa shape index (κ3) is 3.74. The summed E-state index contributed by atoms with van der Waals surface area (Å²) < 4.78 is 16.6. The first-order valence-corrected chi connectivity index (χ1v) is 10.9. The summed E-state index contributed by atoms with van der Waals surface area (Å²) in [6, 6.07) is 6.81. The molecule has 1 saturated heterocycles. The molecule has 11 nitrogen and oxygen atoms in total. The van der Waals surface area contributed by atoms with Crippen molar-refractivity contribution in [3.05, 3.63) is 59.9 Å². The molecule has 0 radical (unpaired) electrons. The maximum Gasteiger partial charge on any atom is 0.256 e. The summed E-state index contributed by atoms with van der Waals surface area (Å²) in [6.07, 6.45) is 5.48. The Morgan fingerprint density at radius 3 is 2.76 bits per heavy atom. The number of pyridine rings is 1. The van der Waals surface area contributed by atoms with E-state index in [2.05, 4.69) is 25.3 Å². The summed E-state index contributed by atoms with van der Waals surface area (Å²) in [5.74, 6) is 1.57. The Kier molecular flexibility index (Phi) is 5.66. The van der Waals surface area contributed by atoms with Crippen LogP contribution in [0, 0.1) is 6.92 Å². The molecule has 1 unspecified atom stereocenters. The van der Waals surface area contributed by atoms with E-state index in [1.54, 1.807) is 42.7 Å². The van der Waals surface area contributed by atoms with Crippen LogP contribution in [0.15, 0.2) is 47.4 Å². The molecule has 0 bridgehead atoms. The van der Waals surface area contributed by atoms with Gasteiger partial charge in [-0.2, -0.15) is 20.0 Å². The van der Waals surface area contributed by atoms with Crippen molar-refractivity contribution in [3.63, 3.8) is 0 Å². The molecular weight excluding hydrogens is 438 g/mol. The molecule has 3 aromatic heterocycles. The van der Waals surface area contributed by atoms with Crippen LogP contribution >= 0.6 is 0 Å². The molecule has 11 heteroatoms. The number of likely N-dealkylation sites (tertiary alicyclic amines) is 1. The van der Waals surface area contributed by atoms with E-state index in [4.69, 9.17) is 14.0 Å². The number of rotatable bonds is 7. The van der Waals surface area contributed by atoms with Crippen LogP contribution in [0.2, 0.25) is 0 Å². The van der Waals surface area contributed by atoms with Gasteiger partial charge in [0.25, 0.3) is 5.91 Å². The van der Waals surface area contributed by atoms with Crippen LogP contribution in [0.1, 0.15) is 41.2 Å². The minimum absolute atomic E-state index is 0.196. The molecule has 0 aliphatic carbocycles. The van der Waals surface area contributed by atoms with Crippen LogP contribution in [0.4, 0.5) is 0 Å². The van der Waals surface area contributed by atoms with Crippen LogP contribution in [0.3, 0.4) is 0 Å². The molecule has 1 aliphatic heterocycles. The smallest absolute Gasteiger partial charge is 0.256 e. The molecular formula is C23H23N7O4. The number of carbonyl (C=O) groups excluding carboxylic acids is 1. The fourth-order valence-corrected chi connectivity index (χ4v) is 3.90. The number of carbonyl (C=O) groups is 1. The number of ether oxygens (including phenoxy) is 2. The van der Waals surface area contributed by atoms with Crippen LogP contribution in [-0.4, -0.2) is 61.2 Å². The van der Waals surface area contributed by atoms with Gasteiger partial charge in [0.05, 0.1) is 42.9 Å². The minimum Gasteiger partial charge on any atom is -0.496 e. The number of benzene rings is 1. The number of nitrogens with zero attached hydrogens (tertiary/aromatic N) is 7. The highest BCUT2D eigenvalue weighted by molar-refractivity contribution is 5.99. The van der Waals surface area contributed by atoms with Gasteiger partial charge in [-0.25, -0.2) is 4.98 Å². The number of aromatic nitrogens is 6. The average Bonchev–Trinajstić information content (AvgIpc) is 3.51. The largest absolute Gasteiger partial charge is 0.496 e. The zero-order valence-electron chi connectivity index (χ0n) is 19.0. The van der Waals surface area contributed by atoms with Crippen molar-refractivity contribution in [2.75, 3.05) is 20.3 Å². The average molecular weight is 461 g/mol. The van der Waals surface area contributed by atoms with E-state index in [1.165, 1.54) is 4.80 Å². The molecule has 4 heterocycles. The Hall–Kier alpha value is -4.28. The highest BCUT2D eigenvalue weighted by Gasteiger charge is 2.39. The standard InChI is InChI=1S/C23H23N7O4/c1-4-33-21-15(6-5-8-24-21)20-27-22(34-28-20)17-7-11-29(17)23(31)16-13-19(32-3)14(2)12-18(16)30-25-9-10-26-30/h5-6,8-10,12-13,17H,4,7,11H2,1-3H3. The molecule has 0 saturated carbocycles. The Balaban J connectivity index is 1.45. The fourth-order valence-electron chi connectivity index (χ4n) is 3.90. The molecule has 1 aromatic carbocycles. The van der Waals surface area contributed by atoms with Gasteiger partial charge in [-0.05, 0) is 50.1 Å². The molecule has 1 aliphatic rings. The second-order valence-electron chi connectivity index (χ2n) is 7.71. The second-order valence-corrected chi connectivity index (χ2v) is 7.71. The zero-order valence-corrected chi connectivity index (χ0v) is 19.0. The Morgan fingerprint density at radius 2 is 2.06 bits per heavy atom. The van der Waals surface area contributed by atoms with Crippen molar-refractivity contribution in [3.8, 4) is 28.7 Å². The van der Waals surface area contributed by atoms with E-state index in [9.17, 15) is 4.79 Å². The van der Waals surface area contributed by atoms with Gasteiger partial charge in [0, 0.05) is 12.7 Å². The van der Waals surface area contributed by atoms with Gasteiger partial charge in [-0.3, -0.25) is 4.79 Å². The quantitative estimate of drug-likeness (QED) is 0.409. The minimum atomic E-state index is -0.341. The van der Waals surface area contributed by atoms with Crippen molar-refractivity contribution >= 4 is 5.91 Å². The molecule has 1 fully saturated rings. The Morgan fingerprint density at radius 1 is 1.24 bits per heavy atom. The number of hydrogen-bond donors (Lipinski definition) is 0. The van der Waals surface area contributed by atoms with Crippen molar-refractivity contribution in [2.24, 2.45) is 0 Å². The third-order valence-corrected chi connectivity index (χ3v) is 5.68. The van der Waals surface area contributed by atoms with E-state index in [0.717, 1.165) is 5.56 Å². The van der Waals surface area contributed by atoms with Gasteiger partial charge >= 0.3 is 0 Å². The molecule has 0 N–H and O–H groups in total. The van der Waals surface area contributed by atoms with Crippen molar-refractivity contribution in [1.82, 2.24) is 35.0 Å². The maximum absolute atomic E-state index is 13.6. The second kappa shape index (κ2) is 8.93. The Labute approximate surface area is 195 Å². The van der Waals surface area contributed by atoms with Gasteiger partial charge in [-0.15, -0.1) is 0 Å².